The number of methoxy groups -OCH3 is 1. The van der Waals surface area contributed by atoms with Crippen LogP contribution in [0, 0.1) is 0 Å². The van der Waals surface area contributed by atoms with Crippen molar-refractivity contribution >= 4 is 27.5 Å². The third-order valence-corrected chi connectivity index (χ3v) is 2.49. The minimum atomic E-state index is -0.365. The van der Waals surface area contributed by atoms with Crippen molar-refractivity contribution in [1.82, 2.24) is 9.38 Å². The van der Waals surface area contributed by atoms with Crippen LogP contribution in [0.25, 0.3) is 5.65 Å². The molecular formula is C9H7BrN2O2. The Morgan fingerprint density at radius 1 is 1.57 bits per heavy atom. The SMILES string of the molecule is COC(=O)c1cc(Br)n2ccnc2c1. The molecule has 0 saturated carbocycles. The second-order valence-corrected chi connectivity index (χ2v) is 3.53. The van der Waals surface area contributed by atoms with Gasteiger partial charge in [-0.2, -0.15) is 0 Å². The molecule has 0 aromatic carbocycles. The van der Waals surface area contributed by atoms with E-state index in [0.717, 1.165) is 4.60 Å². The molecule has 0 unspecified atom stereocenters. The van der Waals surface area contributed by atoms with E-state index in [2.05, 4.69) is 25.7 Å². The van der Waals surface area contributed by atoms with Gasteiger partial charge in [-0.3, -0.25) is 4.40 Å². The number of hydrogen-bond acceptors (Lipinski definition) is 3. The van der Waals surface area contributed by atoms with Gasteiger partial charge in [-0.1, -0.05) is 0 Å². The summed E-state index contributed by atoms with van der Waals surface area (Å²) in [6.07, 6.45) is 3.47. The van der Waals surface area contributed by atoms with E-state index in [1.807, 2.05) is 4.40 Å². The number of nitrogens with zero attached hydrogens (tertiary/aromatic N) is 2. The molecule has 0 fully saturated rings. The second kappa shape index (κ2) is 3.42. The van der Waals surface area contributed by atoms with Gasteiger partial charge >= 0.3 is 5.97 Å². The summed E-state index contributed by atoms with van der Waals surface area (Å²) in [5.74, 6) is -0.365. The number of carbonyl (C=O) groups excluding carboxylic acids is 1. The van der Waals surface area contributed by atoms with E-state index in [4.69, 9.17) is 0 Å². The van der Waals surface area contributed by atoms with Crippen molar-refractivity contribution in [1.29, 1.82) is 0 Å². The number of pyridine rings is 1. The van der Waals surface area contributed by atoms with Crippen molar-refractivity contribution in [3.63, 3.8) is 0 Å². The van der Waals surface area contributed by atoms with Crippen LogP contribution in [0.15, 0.2) is 29.1 Å². The van der Waals surface area contributed by atoms with Crippen LogP contribution < -0.4 is 0 Å². The van der Waals surface area contributed by atoms with Gasteiger partial charge in [-0.15, -0.1) is 0 Å². The predicted molar refractivity (Wildman–Crippen MR) is 54.2 cm³/mol. The molecule has 0 aliphatic rings. The highest BCUT2D eigenvalue weighted by atomic mass is 79.9. The smallest absolute Gasteiger partial charge is 0.338 e. The molecule has 2 aromatic heterocycles. The maximum atomic E-state index is 11.3. The number of aromatic nitrogens is 2. The van der Waals surface area contributed by atoms with Gasteiger partial charge in [-0.05, 0) is 28.1 Å². The number of ether oxygens (including phenoxy) is 1. The largest absolute Gasteiger partial charge is 0.465 e. The molecule has 2 rings (SSSR count). The zero-order valence-electron chi connectivity index (χ0n) is 7.40. The highest BCUT2D eigenvalue weighted by molar-refractivity contribution is 9.10. The summed E-state index contributed by atoms with van der Waals surface area (Å²) in [5.41, 5.74) is 1.19. The summed E-state index contributed by atoms with van der Waals surface area (Å²) in [6.45, 7) is 0. The van der Waals surface area contributed by atoms with Crippen molar-refractivity contribution in [2.24, 2.45) is 0 Å². The van der Waals surface area contributed by atoms with Gasteiger partial charge in [0.25, 0.3) is 0 Å². The van der Waals surface area contributed by atoms with Crippen molar-refractivity contribution in [3.05, 3.63) is 34.7 Å². The van der Waals surface area contributed by atoms with Crippen LogP contribution in [0.5, 0.6) is 0 Å². The van der Waals surface area contributed by atoms with Crippen LogP contribution in [0.4, 0.5) is 0 Å². The zero-order chi connectivity index (χ0) is 10.1. The first-order valence-corrected chi connectivity index (χ1v) is 4.72. The third-order valence-electron chi connectivity index (χ3n) is 1.88. The van der Waals surface area contributed by atoms with Crippen LogP contribution in [0.3, 0.4) is 0 Å². The minimum absolute atomic E-state index is 0.365. The molecule has 0 atom stereocenters. The van der Waals surface area contributed by atoms with Crippen LogP contribution >= 0.6 is 15.9 Å². The van der Waals surface area contributed by atoms with Crippen molar-refractivity contribution in [2.45, 2.75) is 0 Å². The van der Waals surface area contributed by atoms with Gasteiger partial charge in [0.1, 0.15) is 5.65 Å². The highest BCUT2D eigenvalue weighted by Gasteiger charge is 2.09. The quantitative estimate of drug-likeness (QED) is 0.577. The average molecular weight is 255 g/mol. The first-order chi connectivity index (χ1) is 6.72. The number of esters is 1. The number of halogens is 1. The van der Waals surface area contributed by atoms with Crippen molar-refractivity contribution < 1.29 is 9.53 Å². The molecule has 0 amide bonds. The van der Waals surface area contributed by atoms with E-state index in [1.54, 1.807) is 24.5 Å². The molecule has 0 N–H and O–H groups in total. The topological polar surface area (TPSA) is 43.6 Å². The molecule has 0 bridgehead atoms. The van der Waals surface area contributed by atoms with E-state index in [9.17, 15) is 4.79 Å². The molecule has 0 aliphatic carbocycles. The molecule has 2 aromatic rings. The predicted octanol–water partition coefficient (Wildman–Crippen LogP) is 1.88. The van der Waals surface area contributed by atoms with Gasteiger partial charge in [0.05, 0.1) is 17.3 Å². The van der Waals surface area contributed by atoms with E-state index >= 15 is 0 Å². The number of carbonyl (C=O) groups is 1. The molecule has 0 radical (unpaired) electrons. The molecule has 4 nitrogen and oxygen atoms in total. The minimum Gasteiger partial charge on any atom is -0.465 e. The summed E-state index contributed by atoms with van der Waals surface area (Å²) in [7, 11) is 1.35. The lowest BCUT2D eigenvalue weighted by Crippen LogP contribution is -2.02. The summed E-state index contributed by atoms with van der Waals surface area (Å²) in [6, 6.07) is 3.37. The summed E-state index contributed by atoms with van der Waals surface area (Å²) < 4.78 is 7.22. The summed E-state index contributed by atoms with van der Waals surface area (Å²) in [5, 5.41) is 0. The molecular weight excluding hydrogens is 248 g/mol. The standard InChI is InChI=1S/C9H7BrN2O2/c1-14-9(13)6-4-7(10)12-3-2-11-8(12)5-6/h2-5H,1H3. The summed E-state index contributed by atoms with van der Waals surface area (Å²) >= 11 is 3.34. The van der Waals surface area contributed by atoms with Crippen molar-refractivity contribution in [3.8, 4) is 0 Å². The molecule has 72 valence electrons. The number of fused-ring (bicyclic) bond motifs is 1. The Kier molecular flexibility index (Phi) is 2.25. The molecule has 2 heterocycles. The van der Waals surface area contributed by atoms with E-state index < -0.39 is 0 Å². The average Bonchev–Trinajstić information content (AvgIpc) is 2.64. The first kappa shape index (κ1) is 9.21. The fourth-order valence-corrected chi connectivity index (χ4v) is 1.76. The van der Waals surface area contributed by atoms with Gasteiger partial charge in [-0.25, -0.2) is 9.78 Å². The van der Waals surface area contributed by atoms with Crippen molar-refractivity contribution in [2.75, 3.05) is 7.11 Å². The molecule has 14 heavy (non-hydrogen) atoms. The third kappa shape index (κ3) is 1.39. The fourth-order valence-electron chi connectivity index (χ4n) is 1.22. The van der Waals surface area contributed by atoms with Gasteiger partial charge in [0.2, 0.25) is 0 Å². The molecule has 0 aliphatic heterocycles. The van der Waals surface area contributed by atoms with Crippen LogP contribution in [0.2, 0.25) is 0 Å². The van der Waals surface area contributed by atoms with Crippen LogP contribution in [0.1, 0.15) is 10.4 Å². The van der Waals surface area contributed by atoms with E-state index in [1.165, 1.54) is 7.11 Å². The maximum absolute atomic E-state index is 11.3. The first-order valence-electron chi connectivity index (χ1n) is 3.93. The molecule has 5 heteroatoms. The lowest BCUT2D eigenvalue weighted by molar-refractivity contribution is 0.0600. The maximum Gasteiger partial charge on any atom is 0.338 e. The highest BCUT2D eigenvalue weighted by Crippen LogP contribution is 2.16. The molecule has 0 spiro atoms. The number of rotatable bonds is 1. The Morgan fingerprint density at radius 3 is 3.07 bits per heavy atom. The Labute approximate surface area is 88.6 Å². The lowest BCUT2D eigenvalue weighted by atomic mass is 10.3. The Morgan fingerprint density at radius 2 is 2.36 bits per heavy atom. The zero-order valence-corrected chi connectivity index (χ0v) is 8.98. The van der Waals surface area contributed by atoms with E-state index in [0.29, 0.717) is 11.2 Å². The van der Waals surface area contributed by atoms with Gasteiger partial charge in [0, 0.05) is 12.4 Å². The number of hydrogen-bond donors (Lipinski definition) is 0. The van der Waals surface area contributed by atoms with E-state index in [-0.39, 0.29) is 5.97 Å². The monoisotopic (exact) mass is 254 g/mol. The van der Waals surface area contributed by atoms with Crippen LogP contribution in [-0.4, -0.2) is 22.5 Å². The number of imidazole rings is 1. The fraction of sp³-hybridized carbons (Fsp3) is 0.111. The second-order valence-electron chi connectivity index (χ2n) is 2.71. The lowest BCUT2D eigenvalue weighted by Gasteiger charge is -2.02. The van der Waals surface area contributed by atoms with Gasteiger partial charge < -0.3 is 4.74 Å². The Balaban J connectivity index is 2.64. The normalized spacial score (nSPS) is 10.4. The Bertz CT molecular complexity index is 493. The molecule has 0 saturated heterocycles. The van der Waals surface area contributed by atoms with Gasteiger partial charge in [0.15, 0.2) is 0 Å². The summed E-state index contributed by atoms with van der Waals surface area (Å²) in [4.78, 5) is 15.3. The Hall–Kier alpha value is -1.36. The van der Waals surface area contributed by atoms with Crippen LogP contribution in [-0.2, 0) is 4.74 Å².